The van der Waals surface area contributed by atoms with E-state index in [9.17, 15) is 19.1 Å². The lowest BCUT2D eigenvalue weighted by molar-refractivity contribution is -0.122. The van der Waals surface area contributed by atoms with Crippen molar-refractivity contribution >= 4 is 5.91 Å². The highest BCUT2D eigenvalue weighted by molar-refractivity contribution is 5.77. The van der Waals surface area contributed by atoms with Gasteiger partial charge in [0, 0.05) is 29.8 Å². The average molecular weight is 409 g/mol. The van der Waals surface area contributed by atoms with Crippen LogP contribution in [-0.4, -0.2) is 27.2 Å². The topological polar surface area (TPSA) is 84.2 Å². The van der Waals surface area contributed by atoms with E-state index in [2.05, 4.69) is 10.3 Å². The predicted octanol–water partition coefficient (Wildman–Crippen LogP) is 2.77. The first-order chi connectivity index (χ1) is 14.4. The molecular weight excluding hydrogens is 385 g/mol. The number of aromatic nitrogens is 2. The van der Waals surface area contributed by atoms with Crippen LogP contribution in [0, 0.1) is 12.7 Å². The first kappa shape index (κ1) is 21.4. The second-order valence-corrected chi connectivity index (χ2v) is 7.07. The van der Waals surface area contributed by atoms with E-state index < -0.39 is 11.4 Å². The molecule has 0 saturated heterocycles. The van der Waals surface area contributed by atoms with Gasteiger partial charge in [0.1, 0.15) is 18.2 Å². The van der Waals surface area contributed by atoms with Gasteiger partial charge in [-0.25, -0.2) is 9.37 Å². The molecule has 0 aliphatic heterocycles. The normalized spacial score (nSPS) is 11.9. The minimum absolute atomic E-state index is 0.142. The van der Waals surface area contributed by atoms with Gasteiger partial charge in [0.15, 0.2) is 0 Å². The number of amides is 1. The molecule has 0 radical (unpaired) electrons. The molecule has 0 spiro atoms. The molecule has 1 heterocycles. The zero-order valence-electron chi connectivity index (χ0n) is 16.9. The number of aliphatic hydroxyl groups is 1. The zero-order chi connectivity index (χ0) is 21.7. The summed E-state index contributed by atoms with van der Waals surface area (Å²) in [4.78, 5) is 30.3. The number of hydrogen-bond donors (Lipinski definition) is 2. The fourth-order valence-electron chi connectivity index (χ4n) is 3.32. The molecule has 0 fully saturated rings. The van der Waals surface area contributed by atoms with Gasteiger partial charge in [0.25, 0.3) is 5.56 Å². The number of nitrogens with one attached hydrogen (secondary N) is 1. The number of halogens is 1. The fraction of sp³-hybridized carbons (Fsp3) is 0.261. The number of rotatable bonds is 7. The Kier molecular flexibility index (Phi) is 6.74. The summed E-state index contributed by atoms with van der Waals surface area (Å²) in [5, 5.41) is 12.2. The molecule has 6 nitrogen and oxygen atoms in total. The molecule has 1 amide bonds. The summed E-state index contributed by atoms with van der Waals surface area (Å²) >= 11 is 0. The monoisotopic (exact) mass is 409 g/mol. The van der Waals surface area contributed by atoms with Crippen LogP contribution in [0.25, 0.3) is 11.4 Å². The standard InChI is InChI=1S/C23H24FN3O3/c1-15(17-6-4-3-5-7-17)25-21(29)14-27-22(18-8-10-19(24)11-9-18)26-16(2)20(12-13-28)23(27)30/h3-11,15,28H,12-14H2,1-2H3,(H,25,29)/t15-/m1/s1. The number of carbonyl (C=O) groups is 1. The lowest BCUT2D eigenvalue weighted by Crippen LogP contribution is -2.36. The van der Waals surface area contributed by atoms with Crippen molar-refractivity contribution in [2.45, 2.75) is 32.9 Å². The molecule has 2 aromatic carbocycles. The molecule has 0 aliphatic carbocycles. The summed E-state index contributed by atoms with van der Waals surface area (Å²) in [5.41, 5.74) is 1.91. The number of aliphatic hydroxyl groups excluding tert-OH is 1. The Labute approximate surface area is 174 Å². The minimum atomic E-state index is -0.407. The number of nitrogens with zero attached hydrogens (tertiary/aromatic N) is 2. The third-order valence-electron chi connectivity index (χ3n) is 4.91. The quantitative estimate of drug-likeness (QED) is 0.629. The Morgan fingerprint density at radius 1 is 1.17 bits per heavy atom. The maximum absolute atomic E-state index is 13.4. The van der Waals surface area contributed by atoms with Crippen LogP contribution in [0.15, 0.2) is 59.4 Å². The van der Waals surface area contributed by atoms with E-state index in [1.54, 1.807) is 6.92 Å². The summed E-state index contributed by atoms with van der Waals surface area (Å²) in [7, 11) is 0. The smallest absolute Gasteiger partial charge is 0.257 e. The molecule has 30 heavy (non-hydrogen) atoms. The van der Waals surface area contributed by atoms with E-state index in [1.807, 2.05) is 37.3 Å². The Hall–Kier alpha value is -3.32. The molecule has 3 aromatic rings. The van der Waals surface area contributed by atoms with Crippen LogP contribution in [0.1, 0.15) is 29.8 Å². The summed E-state index contributed by atoms with van der Waals surface area (Å²) in [5.74, 6) is -0.477. The van der Waals surface area contributed by atoms with Crippen LogP contribution >= 0.6 is 0 Å². The lowest BCUT2D eigenvalue weighted by Gasteiger charge is -2.18. The number of hydrogen-bond acceptors (Lipinski definition) is 4. The van der Waals surface area contributed by atoms with Crippen molar-refractivity contribution in [2.75, 3.05) is 6.61 Å². The van der Waals surface area contributed by atoms with E-state index in [0.717, 1.165) is 5.56 Å². The van der Waals surface area contributed by atoms with Gasteiger partial charge in [0.2, 0.25) is 5.91 Å². The highest BCUT2D eigenvalue weighted by Gasteiger charge is 2.19. The van der Waals surface area contributed by atoms with Crippen molar-refractivity contribution in [3.8, 4) is 11.4 Å². The fourth-order valence-corrected chi connectivity index (χ4v) is 3.32. The van der Waals surface area contributed by atoms with Crippen LogP contribution in [0.3, 0.4) is 0 Å². The van der Waals surface area contributed by atoms with E-state index in [1.165, 1.54) is 28.8 Å². The Balaban J connectivity index is 1.96. The van der Waals surface area contributed by atoms with Gasteiger partial charge >= 0.3 is 0 Å². The summed E-state index contributed by atoms with van der Waals surface area (Å²) in [6.07, 6.45) is 0.142. The van der Waals surface area contributed by atoms with E-state index in [0.29, 0.717) is 16.8 Å². The minimum Gasteiger partial charge on any atom is -0.396 e. The van der Waals surface area contributed by atoms with Crippen molar-refractivity contribution in [3.05, 3.63) is 87.6 Å². The van der Waals surface area contributed by atoms with Gasteiger partial charge in [0.05, 0.1) is 6.04 Å². The molecule has 0 aliphatic rings. The van der Waals surface area contributed by atoms with Gasteiger partial charge < -0.3 is 10.4 Å². The van der Waals surface area contributed by atoms with Gasteiger partial charge in [-0.3, -0.25) is 14.2 Å². The van der Waals surface area contributed by atoms with E-state index in [4.69, 9.17) is 0 Å². The number of benzene rings is 2. The van der Waals surface area contributed by atoms with Gasteiger partial charge in [-0.2, -0.15) is 0 Å². The molecule has 0 unspecified atom stereocenters. The zero-order valence-corrected chi connectivity index (χ0v) is 16.9. The number of carbonyl (C=O) groups excluding carboxylic acids is 1. The van der Waals surface area contributed by atoms with Crippen LogP contribution in [0.4, 0.5) is 4.39 Å². The SMILES string of the molecule is Cc1nc(-c2ccc(F)cc2)n(CC(=O)N[C@H](C)c2ccccc2)c(=O)c1CCO. The lowest BCUT2D eigenvalue weighted by atomic mass is 10.1. The summed E-state index contributed by atoms with van der Waals surface area (Å²) in [6.45, 7) is 3.10. The number of aryl methyl sites for hydroxylation is 1. The van der Waals surface area contributed by atoms with Gasteiger partial charge in [-0.1, -0.05) is 30.3 Å². The Morgan fingerprint density at radius 3 is 2.47 bits per heavy atom. The molecule has 1 atom stereocenters. The van der Waals surface area contributed by atoms with E-state index in [-0.39, 0.29) is 37.3 Å². The molecule has 0 saturated carbocycles. The Morgan fingerprint density at radius 2 is 1.83 bits per heavy atom. The predicted molar refractivity (Wildman–Crippen MR) is 112 cm³/mol. The van der Waals surface area contributed by atoms with Crippen molar-refractivity contribution in [1.29, 1.82) is 0 Å². The third kappa shape index (κ3) is 4.80. The van der Waals surface area contributed by atoms with Crippen molar-refractivity contribution < 1.29 is 14.3 Å². The molecule has 1 aromatic heterocycles. The molecule has 7 heteroatoms. The summed E-state index contributed by atoms with van der Waals surface area (Å²) in [6, 6.07) is 14.8. The second-order valence-electron chi connectivity index (χ2n) is 7.07. The highest BCUT2D eigenvalue weighted by Crippen LogP contribution is 2.18. The Bertz CT molecular complexity index is 1080. The average Bonchev–Trinajstić information content (AvgIpc) is 2.74. The third-order valence-corrected chi connectivity index (χ3v) is 4.91. The molecular formula is C23H24FN3O3. The van der Waals surface area contributed by atoms with Crippen molar-refractivity contribution in [1.82, 2.24) is 14.9 Å². The molecule has 3 rings (SSSR count). The molecule has 2 N–H and O–H groups in total. The van der Waals surface area contributed by atoms with Crippen LogP contribution in [0.5, 0.6) is 0 Å². The van der Waals surface area contributed by atoms with Gasteiger partial charge in [-0.05, 0) is 43.7 Å². The van der Waals surface area contributed by atoms with Crippen LogP contribution < -0.4 is 10.9 Å². The first-order valence-corrected chi connectivity index (χ1v) is 9.72. The summed E-state index contributed by atoms with van der Waals surface area (Å²) < 4.78 is 14.6. The van der Waals surface area contributed by atoms with Crippen LogP contribution in [0.2, 0.25) is 0 Å². The highest BCUT2D eigenvalue weighted by atomic mass is 19.1. The van der Waals surface area contributed by atoms with Crippen molar-refractivity contribution in [2.24, 2.45) is 0 Å². The second kappa shape index (κ2) is 9.45. The molecule has 156 valence electrons. The van der Waals surface area contributed by atoms with Gasteiger partial charge in [-0.15, -0.1) is 0 Å². The first-order valence-electron chi connectivity index (χ1n) is 9.72. The largest absolute Gasteiger partial charge is 0.396 e. The van der Waals surface area contributed by atoms with Crippen molar-refractivity contribution in [3.63, 3.8) is 0 Å². The van der Waals surface area contributed by atoms with E-state index >= 15 is 0 Å². The maximum Gasteiger partial charge on any atom is 0.257 e. The maximum atomic E-state index is 13.4. The molecule has 0 bridgehead atoms. The van der Waals surface area contributed by atoms with Crippen LogP contribution in [-0.2, 0) is 17.8 Å².